The maximum absolute atomic E-state index is 12.7. The van der Waals surface area contributed by atoms with E-state index in [0.29, 0.717) is 15.0 Å². The molecule has 0 amide bonds. The van der Waals surface area contributed by atoms with Crippen molar-refractivity contribution in [2.75, 3.05) is 0 Å². The molecule has 0 radical (unpaired) electrons. The van der Waals surface area contributed by atoms with Gasteiger partial charge in [0.15, 0.2) is 0 Å². The molecule has 3 aromatic rings. The first-order chi connectivity index (χ1) is 14.8. The summed E-state index contributed by atoms with van der Waals surface area (Å²) in [6.07, 6.45) is -2.10. The monoisotopic (exact) mass is 467 g/mol. The Kier molecular flexibility index (Phi) is 5.38. The van der Waals surface area contributed by atoms with Gasteiger partial charge < -0.3 is 9.31 Å². The van der Waals surface area contributed by atoms with Crippen LogP contribution in [0.1, 0.15) is 32.6 Å². The van der Waals surface area contributed by atoms with Gasteiger partial charge in [0.2, 0.25) is 0 Å². The zero-order chi connectivity index (χ0) is 23.5. The van der Waals surface area contributed by atoms with Gasteiger partial charge in [0.1, 0.15) is 6.54 Å². The van der Waals surface area contributed by atoms with Gasteiger partial charge in [0.05, 0.1) is 28.0 Å². The number of hydrogen-bond donors (Lipinski definition) is 0. The number of pyridine rings is 1. The van der Waals surface area contributed by atoms with E-state index in [4.69, 9.17) is 9.31 Å². The Labute approximate surface area is 185 Å². The van der Waals surface area contributed by atoms with Crippen molar-refractivity contribution in [3.63, 3.8) is 0 Å². The predicted molar refractivity (Wildman–Crippen MR) is 115 cm³/mol. The van der Waals surface area contributed by atoms with Gasteiger partial charge in [-0.3, -0.25) is 18.9 Å². The number of thiophene rings is 1. The minimum atomic E-state index is -4.58. The van der Waals surface area contributed by atoms with E-state index in [1.165, 1.54) is 11.3 Å². The highest BCUT2D eigenvalue weighted by Crippen LogP contribution is 2.37. The lowest BCUT2D eigenvalue weighted by Gasteiger charge is -2.32. The fourth-order valence-corrected chi connectivity index (χ4v) is 4.54. The lowest BCUT2D eigenvalue weighted by molar-refractivity contribution is -0.141. The maximum Gasteiger partial charge on any atom is 0.496 e. The lowest BCUT2D eigenvalue weighted by Crippen LogP contribution is -2.41. The highest BCUT2D eigenvalue weighted by molar-refractivity contribution is 7.20. The Morgan fingerprint density at radius 3 is 2.41 bits per heavy atom. The van der Waals surface area contributed by atoms with Crippen LogP contribution in [0.2, 0.25) is 0 Å². The second kappa shape index (κ2) is 7.56. The van der Waals surface area contributed by atoms with Gasteiger partial charge in [-0.2, -0.15) is 13.2 Å². The van der Waals surface area contributed by atoms with Crippen LogP contribution in [-0.4, -0.2) is 38.6 Å². The van der Waals surface area contributed by atoms with Gasteiger partial charge in [-0.05, 0) is 39.8 Å². The average molecular weight is 467 g/mol. The fourth-order valence-electron chi connectivity index (χ4n) is 3.41. The standard InChI is InChI=1S/C20H21BF3N3O4S/c1-18(2)19(3,4)31-21(30-18)13-5-7-25-14-9-12(32-16(13)14)10-27-15(28)6-8-26(17(27)29)11-20(22,23)24/h5-9H,10-11H2,1-4H3. The van der Waals surface area contributed by atoms with Crippen LogP contribution in [-0.2, 0) is 22.4 Å². The van der Waals surface area contributed by atoms with Crippen LogP contribution in [0.4, 0.5) is 13.2 Å². The van der Waals surface area contributed by atoms with E-state index >= 15 is 0 Å². The van der Waals surface area contributed by atoms with Gasteiger partial charge in [0, 0.05) is 28.8 Å². The summed E-state index contributed by atoms with van der Waals surface area (Å²) in [6.45, 7) is 6.14. The lowest BCUT2D eigenvalue weighted by atomic mass is 9.79. The van der Waals surface area contributed by atoms with E-state index in [1.807, 2.05) is 27.7 Å². The number of alkyl halides is 3. The van der Waals surface area contributed by atoms with E-state index in [1.54, 1.807) is 18.3 Å². The number of fused-ring (bicyclic) bond motifs is 1. The van der Waals surface area contributed by atoms with Crippen molar-refractivity contribution in [3.8, 4) is 0 Å². The van der Waals surface area contributed by atoms with Crippen molar-refractivity contribution in [2.45, 2.75) is 58.2 Å². The van der Waals surface area contributed by atoms with Crippen molar-refractivity contribution in [3.05, 3.63) is 56.3 Å². The summed E-state index contributed by atoms with van der Waals surface area (Å²) < 4.78 is 52.5. The smallest absolute Gasteiger partial charge is 0.399 e. The van der Waals surface area contributed by atoms with Crippen LogP contribution in [0.15, 0.2) is 40.2 Å². The van der Waals surface area contributed by atoms with Crippen molar-refractivity contribution in [1.29, 1.82) is 0 Å². The van der Waals surface area contributed by atoms with E-state index < -0.39 is 42.3 Å². The molecule has 0 atom stereocenters. The Balaban J connectivity index is 1.70. The topological polar surface area (TPSA) is 75.4 Å². The highest BCUT2D eigenvalue weighted by Gasteiger charge is 2.52. The summed E-state index contributed by atoms with van der Waals surface area (Å²) in [7, 11) is -0.625. The summed E-state index contributed by atoms with van der Waals surface area (Å²) in [5, 5.41) is 0. The van der Waals surface area contributed by atoms with E-state index in [-0.39, 0.29) is 6.54 Å². The molecule has 12 heteroatoms. The molecule has 0 bridgehead atoms. The molecular weight excluding hydrogens is 446 g/mol. The summed E-state index contributed by atoms with van der Waals surface area (Å²) in [5.74, 6) is 0. The third-order valence-corrected chi connectivity index (χ3v) is 6.96. The number of aromatic nitrogens is 3. The van der Waals surface area contributed by atoms with Gasteiger partial charge in [-0.15, -0.1) is 11.3 Å². The average Bonchev–Trinajstić information content (AvgIpc) is 3.17. The van der Waals surface area contributed by atoms with Crippen molar-refractivity contribution >= 4 is 34.1 Å². The molecule has 7 nitrogen and oxygen atoms in total. The van der Waals surface area contributed by atoms with Crippen LogP contribution < -0.4 is 16.7 Å². The van der Waals surface area contributed by atoms with Crippen molar-refractivity contribution < 1.29 is 22.5 Å². The molecule has 1 fully saturated rings. The second-order valence-corrected chi connectivity index (χ2v) is 9.82. The largest absolute Gasteiger partial charge is 0.496 e. The second-order valence-electron chi connectivity index (χ2n) is 8.68. The molecule has 0 unspecified atom stereocenters. The SMILES string of the molecule is CC1(C)OB(c2ccnc3cc(Cn4c(=O)ccn(CC(F)(F)F)c4=O)sc23)OC1(C)C. The summed E-state index contributed by atoms with van der Waals surface area (Å²) >= 11 is 1.29. The molecule has 0 aromatic carbocycles. The number of halogens is 3. The Morgan fingerprint density at radius 2 is 1.78 bits per heavy atom. The number of hydrogen-bond acceptors (Lipinski definition) is 6. The van der Waals surface area contributed by atoms with E-state index in [0.717, 1.165) is 27.0 Å². The quantitative estimate of drug-likeness (QED) is 0.552. The third-order valence-electron chi connectivity index (χ3n) is 5.80. The van der Waals surface area contributed by atoms with Gasteiger partial charge in [0.25, 0.3) is 5.56 Å². The zero-order valence-corrected chi connectivity index (χ0v) is 18.7. The first-order valence-corrected chi connectivity index (χ1v) is 10.7. The van der Waals surface area contributed by atoms with Crippen LogP contribution in [0.25, 0.3) is 10.2 Å². The minimum absolute atomic E-state index is 0.166. The highest BCUT2D eigenvalue weighted by atomic mass is 32.1. The molecule has 0 N–H and O–H groups in total. The minimum Gasteiger partial charge on any atom is -0.399 e. The molecule has 32 heavy (non-hydrogen) atoms. The molecule has 1 saturated heterocycles. The molecule has 1 aliphatic rings. The van der Waals surface area contributed by atoms with Crippen molar-refractivity contribution in [2.24, 2.45) is 0 Å². The molecular formula is C20H21BF3N3O4S. The first kappa shape index (κ1) is 22.7. The molecule has 0 spiro atoms. The van der Waals surface area contributed by atoms with Gasteiger partial charge >= 0.3 is 19.0 Å². The van der Waals surface area contributed by atoms with Gasteiger partial charge in [-0.1, -0.05) is 0 Å². The number of rotatable bonds is 4. The predicted octanol–water partition coefficient (Wildman–Crippen LogP) is 2.53. The fraction of sp³-hybridized carbons (Fsp3) is 0.450. The summed E-state index contributed by atoms with van der Waals surface area (Å²) in [4.78, 5) is 29.6. The van der Waals surface area contributed by atoms with Crippen LogP contribution >= 0.6 is 11.3 Å². The first-order valence-electron chi connectivity index (χ1n) is 9.87. The Morgan fingerprint density at radius 1 is 1.12 bits per heavy atom. The van der Waals surface area contributed by atoms with Crippen LogP contribution in [0.3, 0.4) is 0 Å². The summed E-state index contributed by atoms with van der Waals surface area (Å²) in [6, 6.07) is 4.45. The van der Waals surface area contributed by atoms with E-state index in [9.17, 15) is 22.8 Å². The maximum atomic E-state index is 12.7. The summed E-state index contributed by atoms with van der Waals surface area (Å²) in [5.41, 5.74) is -1.38. The normalized spacial score (nSPS) is 17.9. The Hall–Kier alpha value is -2.44. The third kappa shape index (κ3) is 4.14. The van der Waals surface area contributed by atoms with Gasteiger partial charge in [-0.25, -0.2) is 4.79 Å². The van der Waals surface area contributed by atoms with Crippen LogP contribution in [0.5, 0.6) is 0 Å². The molecule has 170 valence electrons. The van der Waals surface area contributed by atoms with Crippen molar-refractivity contribution in [1.82, 2.24) is 14.1 Å². The zero-order valence-electron chi connectivity index (χ0n) is 17.9. The number of nitrogens with zero attached hydrogens (tertiary/aromatic N) is 3. The molecule has 1 aliphatic heterocycles. The molecule has 0 aliphatic carbocycles. The van der Waals surface area contributed by atoms with E-state index in [2.05, 4.69) is 4.98 Å². The molecule has 4 heterocycles. The van der Waals surface area contributed by atoms with Crippen LogP contribution in [0, 0.1) is 0 Å². The molecule has 4 rings (SSSR count). The molecule has 3 aromatic heterocycles. The Bertz CT molecular complexity index is 1280. The molecule has 0 saturated carbocycles.